The predicted octanol–water partition coefficient (Wildman–Crippen LogP) is 2.05. The van der Waals surface area contributed by atoms with Gasteiger partial charge in [0.25, 0.3) is 0 Å². The highest BCUT2D eigenvalue weighted by molar-refractivity contribution is 5.76. The molecule has 94 valence electrons. The lowest BCUT2D eigenvalue weighted by Crippen LogP contribution is -2.42. The first kappa shape index (κ1) is 13.5. The molecule has 3 heteroatoms. The first-order valence-corrected chi connectivity index (χ1v) is 6.56. The zero-order valence-corrected chi connectivity index (χ0v) is 10.8. The molecule has 0 heterocycles. The third-order valence-electron chi connectivity index (χ3n) is 3.52. The van der Waals surface area contributed by atoms with E-state index in [2.05, 4.69) is 19.2 Å². The molecule has 0 aromatic rings. The van der Waals surface area contributed by atoms with Crippen molar-refractivity contribution in [1.29, 1.82) is 0 Å². The predicted molar refractivity (Wildman–Crippen MR) is 67.0 cm³/mol. The first-order valence-electron chi connectivity index (χ1n) is 6.56. The molecule has 3 nitrogen and oxygen atoms in total. The van der Waals surface area contributed by atoms with Crippen LogP contribution in [0.25, 0.3) is 0 Å². The van der Waals surface area contributed by atoms with Crippen LogP contribution in [0, 0.1) is 11.8 Å². The maximum atomic E-state index is 11.7. The van der Waals surface area contributed by atoms with Gasteiger partial charge < -0.3 is 11.1 Å². The number of carbonyl (C=O) groups is 1. The van der Waals surface area contributed by atoms with Gasteiger partial charge in [0.15, 0.2) is 0 Å². The fraction of sp³-hybridized carbons (Fsp3) is 0.923. The maximum Gasteiger partial charge on any atom is 0.221 e. The third-order valence-corrected chi connectivity index (χ3v) is 3.52. The van der Waals surface area contributed by atoms with Gasteiger partial charge in [0, 0.05) is 18.5 Å². The van der Waals surface area contributed by atoms with Crippen LogP contribution < -0.4 is 11.1 Å². The van der Waals surface area contributed by atoms with Crippen molar-refractivity contribution in [2.45, 2.75) is 65.0 Å². The molecule has 3 unspecified atom stereocenters. The minimum Gasteiger partial charge on any atom is -0.353 e. The van der Waals surface area contributed by atoms with Crippen LogP contribution in [0.1, 0.15) is 52.9 Å². The maximum absolute atomic E-state index is 11.7. The molecule has 0 saturated heterocycles. The smallest absolute Gasteiger partial charge is 0.221 e. The second-order valence-electron chi connectivity index (χ2n) is 5.55. The number of nitrogens with one attached hydrogen (secondary N) is 1. The highest BCUT2D eigenvalue weighted by Gasteiger charge is 2.25. The van der Waals surface area contributed by atoms with E-state index in [9.17, 15) is 4.79 Å². The largest absolute Gasteiger partial charge is 0.353 e. The Balaban J connectivity index is 2.33. The molecule has 0 aromatic heterocycles. The molecule has 1 saturated carbocycles. The van der Waals surface area contributed by atoms with Gasteiger partial charge in [0.2, 0.25) is 5.91 Å². The van der Waals surface area contributed by atoms with Crippen LogP contribution in [0.5, 0.6) is 0 Å². The lowest BCUT2D eigenvalue weighted by molar-refractivity contribution is -0.122. The summed E-state index contributed by atoms with van der Waals surface area (Å²) in [5.74, 6) is 1.59. The van der Waals surface area contributed by atoms with Gasteiger partial charge in [-0.25, -0.2) is 0 Å². The Morgan fingerprint density at radius 1 is 1.31 bits per heavy atom. The lowest BCUT2D eigenvalue weighted by Gasteiger charge is -2.32. The summed E-state index contributed by atoms with van der Waals surface area (Å²) in [4.78, 5) is 11.7. The zero-order valence-electron chi connectivity index (χ0n) is 10.8. The van der Waals surface area contributed by atoms with Crippen LogP contribution in [0.2, 0.25) is 0 Å². The van der Waals surface area contributed by atoms with Gasteiger partial charge in [0.1, 0.15) is 0 Å². The number of carbonyl (C=O) groups excluding carboxylic acids is 1. The molecule has 1 fully saturated rings. The Kier molecular flexibility index (Phi) is 5.26. The standard InChI is InChI=1S/C13H26N2O/c1-4-11(14)8-13(16)15-12-6-9(2)5-10(3)7-12/h9-12H,4-8,14H2,1-3H3,(H,15,16). The van der Waals surface area contributed by atoms with Gasteiger partial charge in [-0.1, -0.05) is 20.8 Å². The normalized spacial score (nSPS) is 32.1. The van der Waals surface area contributed by atoms with Crippen molar-refractivity contribution in [2.24, 2.45) is 17.6 Å². The summed E-state index contributed by atoms with van der Waals surface area (Å²) in [6.07, 6.45) is 4.87. The van der Waals surface area contributed by atoms with Gasteiger partial charge >= 0.3 is 0 Å². The van der Waals surface area contributed by atoms with Crippen molar-refractivity contribution in [3.05, 3.63) is 0 Å². The number of rotatable bonds is 4. The molecule has 1 aliphatic carbocycles. The van der Waals surface area contributed by atoms with Crippen LogP contribution in [-0.4, -0.2) is 18.0 Å². The summed E-state index contributed by atoms with van der Waals surface area (Å²) < 4.78 is 0. The van der Waals surface area contributed by atoms with E-state index in [4.69, 9.17) is 5.73 Å². The summed E-state index contributed by atoms with van der Waals surface area (Å²) in [6.45, 7) is 6.56. The molecule has 1 amide bonds. The van der Waals surface area contributed by atoms with Gasteiger partial charge in [-0.15, -0.1) is 0 Å². The summed E-state index contributed by atoms with van der Waals surface area (Å²) in [5, 5.41) is 3.13. The SMILES string of the molecule is CCC(N)CC(=O)NC1CC(C)CC(C)C1. The van der Waals surface area contributed by atoms with Gasteiger partial charge in [-0.3, -0.25) is 4.79 Å². The van der Waals surface area contributed by atoms with Crippen molar-refractivity contribution >= 4 is 5.91 Å². The Morgan fingerprint density at radius 2 is 1.88 bits per heavy atom. The first-order chi connectivity index (χ1) is 7.51. The van der Waals surface area contributed by atoms with Crippen LogP contribution in [-0.2, 0) is 4.79 Å². The third kappa shape index (κ3) is 4.52. The molecule has 3 N–H and O–H groups in total. The van der Waals surface area contributed by atoms with Crippen LogP contribution in [0.4, 0.5) is 0 Å². The van der Waals surface area contributed by atoms with E-state index in [1.165, 1.54) is 6.42 Å². The van der Waals surface area contributed by atoms with Crippen molar-refractivity contribution in [2.75, 3.05) is 0 Å². The van der Waals surface area contributed by atoms with Crippen LogP contribution in [0.15, 0.2) is 0 Å². The van der Waals surface area contributed by atoms with E-state index in [1.807, 2.05) is 6.92 Å². The molecular weight excluding hydrogens is 200 g/mol. The Bertz CT molecular complexity index is 220. The molecule has 16 heavy (non-hydrogen) atoms. The van der Waals surface area contributed by atoms with E-state index in [0.29, 0.717) is 12.5 Å². The van der Waals surface area contributed by atoms with E-state index in [1.54, 1.807) is 0 Å². The topological polar surface area (TPSA) is 55.1 Å². The number of hydrogen-bond acceptors (Lipinski definition) is 2. The summed E-state index contributed by atoms with van der Waals surface area (Å²) in [5.41, 5.74) is 5.77. The quantitative estimate of drug-likeness (QED) is 0.771. The minimum atomic E-state index is 0.0124. The Morgan fingerprint density at radius 3 is 2.38 bits per heavy atom. The Labute approximate surface area is 99.2 Å². The molecule has 0 bridgehead atoms. The second kappa shape index (κ2) is 6.24. The van der Waals surface area contributed by atoms with Crippen LogP contribution in [0.3, 0.4) is 0 Å². The van der Waals surface area contributed by atoms with E-state index >= 15 is 0 Å². The fourth-order valence-corrected chi connectivity index (χ4v) is 2.73. The van der Waals surface area contributed by atoms with Gasteiger partial charge in [-0.05, 0) is 37.5 Å². The van der Waals surface area contributed by atoms with Gasteiger partial charge in [0.05, 0.1) is 0 Å². The van der Waals surface area contributed by atoms with E-state index < -0.39 is 0 Å². The average molecular weight is 226 g/mol. The summed E-state index contributed by atoms with van der Waals surface area (Å²) in [6, 6.07) is 0.383. The molecular formula is C13H26N2O. The van der Waals surface area contributed by atoms with Crippen LogP contribution >= 0.6 is 0 Å². The second-order valence-corrected chi connectivity index (χ2v) is 5.55. The fourth-order valence-electron chi connectivity index (χ4n) is 2.73. The van der Waals surface area contributed by atoms with E-state index in [0.717, 1.165) is 31.1 Å². The molecule has 1 rings (SSSR count). The zero-order chi connectivity index (χ0) is 12.1. The monoisotopic (exact) mass is 226 g/mol. The van der Waals surface area contributed by atoms with Crippen molar-refractivity contribution in [3.8, 4) is 0 Å². The highest BCUT2D eigenvalue weighted by Crippen LogP contribution is 2.28. The van der Waals surface area contributed by atoms with E-state index in [-0.39, 0.29) is 11.9 Å². The van der Waals surface area contributed by atoms with Crippen molar-refractivity contribution < 1.29 is 4.79 Å². The lowest BCUT2D eigenvalue weighted by atomic mass is 9.80. The van der Waals surface area contributed by atoms with Gasteiger partial charge in [-0.2, -0.15) is 0 Å². The number of hydrogen-bond donors (Lipinski definition) is 2. The summed E-state index contributed by atoms with van der Waals surface area (Å²) >= 11 is 0. The molecule has 1 aliphatic rings. The molecule has 0 aromatic carbocycles. The average Bonchev–Trinajstić information content (AvgIpc) is 2.15. The molecule has 3 atom stereocenters. The van der Waals surface area contributed by atoms with Crippen molar-refractivity contribution in [1.82, 2.24) is 5.32 Å². The molecule has 0 aliphatic heterocycles. The minimum absolute atomic E-state index is 0.0124. The Hall–Kier alpha value is -0.570. The number of amides is 1. The molecule has 0 spiro atoms. The number of nitrogens with two attached hydrogens (primary N) is 1. The van der Waals surface area contributed by atoms with Crippen molar-refractivity contribution in [3.63, 3.8) is 0 Å². The molecule has 0 radical (unpaired) electrons. The highest BCUT2D eigenvalue weighted by atomic mass is 16.1. The summed E-state index contributed by atoms with van der Waals surface area (Å²) in [7, 11) is 0.